The minimum Gasteiger partial charge on any atom is -0.480 e. The quantitative estimate of drug-likeness (QED) is 0.586. The van der Waals surface area contributed by atoms with E-state index in [-0.39, 0.29) is 12.5 Å². The van der Waals surface area contributed by atoms with Crippen molar-refractivity contribution in [1.82, 2.24) is 10.6 Å². The Kier molecular flexibility index (Phi) is 3.68. The van der Waals surface area contributed by atoms with Gasteiger partial charge < -0.3 is 10.4 Å². The molecule has 0 radical (unpaired) electrons. The number of hydrogen-bond acceptors (Lipinski definition) is 3. The van der Waals surface area contributed by atoms with Crippen molar-refractivity contribution in [3.8, 4) is 0 Å². The van der Waals surface area contributed by atoms with Crippen LogP contribution in [0.15, 0.2) is 0 Å². The summed E-state index contributed by atoms with van der Waals surface area (Å²) in [6.07, 6.45) is 2.52. The van der Waals surface area contributed by atoms with Crippen LogP contribution in [0.5, 0.6) is 0 Å². The molecule has 1 rings (SSSR count). The standard InChI is InChI=1S/C10H18N2O3/c1-3-10(2,9(14)15)11-6-8(13)12-7-4-5-7/h7,11H,3-6H2,1-2H3,(H,12,13)(H,14,15). The fourth-order valence-electron chi connectivity index (χ4n) is 1.13. The number of aliphatic carboxylic acids is 1. The highest BCUT2D eigenvalue weighted by Crippen LogP contribution is 2.18. The second-order valence-electron chi connectivity index (χ2n) is 4.19. The Morgan fingerprint density at radius 2 is 2.07 bits per heavy atom. The Morgan fingerprint density at radius 1 is 1.47 bits per heavy atom. The van der Waals surface area contributed by atoms with Crippen LogP contribution in [0.25, 0.3) is 0 Å². The maximum atomic E-state index is 11.3. The van der Waals surface area contributed by atoms with Gasteiger partial charge in [-0.1, -0.05) is 6.92 Å². The number of amides is 1. The van der Waals surface area contributed by atoms with Crippen molar-refractivity contribution < 1.29 is 14.7 Å². The molecule has 1 fully saturated rings. The highest BCUT2D eigenvalue weighted by Gasteiger charge is 2.31. The molecule has 1 unspecified atom stereocenters. The largest absolute Gasteiger partial charge is 0.480 e. The molecule has 0 bridgehead atoms. The van der Waals surface area contributed by atoms with E-state index in [9.17, 15) is 9.59 Å². The Bertz CT molecular complexity index is 263. The smallest absolute Gasteiger partial charge is 0.323 e. The molecule has 0 aliphatic heterocycles. The molecule has 0 aromatic rings. The summed E-state index contributed by atoms with van der Waals surface area (Å²) in [4.78, 5) is 22.2. The van der Waals surface area contributed by atoms with E-state index in [1.54, 1.807) is 13.8 Å². The van der Waals surface area contributed by atoms with E-state index in [1.807, 2.05) is 0 Å². The zero-order chi connectivity index (χ0) is 11.5. The third-order valence-electron chi connectivity index (χ3n) is 2.76. The van der Waals surface area contributed by atoms with Crippen LogP contribution in [0.1, 0.15) is 33.1 Å². The average Bonchev–Trinajstić information content (AvgIpc) is 2.97. The van der Waals surface area contributed by atoms with E-state index in [2.05, 4.69) is 10.6 Å². The summed E-state index contributed by atoms with van der Waals surface area (Å²) in [7, 11) is 0. The lowest BCUT2D eigenvalue weighted by Crippen LogP contribution is -2.52. The maximum Gasteiger partial charge on any atom is 0.323 e. The molecule has 1 amide bonds. The molecule has 0 saturated heterocycles. The monoisotopic (exact) mass is 214 g/mol. The number of carbonyl (C=O) groups is 2. The number of hydrogen-bond donors (Lipinski definition) is 3. The fourth-order valence-corrected chi connectivity index (χ4v) is 1.13. The average molecular weight is 214 g/mol. The predicted octanol–water partition coefficient (Wildman–Crippen LogP) is 0.108. The van der Waals surface area contributed by atoms with Gasteiger partial charge in [-0.2, -0.15) is 0 Å². The van der Waals surface area contributed by atoms with Gasteiger partial charge in [-0.25, -0.2) is 0 Å². The van der Waals surface area contributed by atoms with E-state index < -0.39 is 11.5 Å². The van der Waals surface area contributed by atoms with Gasteiger partial charge in [0.1, 0.15) is 5.54 Å². The number of carboxylic acids is 1. The van der Waals surface area contributed by atoms with Gasteiger partial charge in [0.2, 0.25) is 5.91 Å². The lowest BCUT2D eigenvalue weighted by atomic mass is 9.99. The van der Waals surface area contributed by atoms with Gasteiger partial charge in [-0.05, 0) is 26.2 Å². The van der Waals surface area contributed by atoms with Gasteiger partial charge in [0.05, 0.1) is 6.54 Å². The lowest BCUT2D eigenvalue weighted by Gasteiger charge is -2.24. The van der Waals surface area contributed by atoms with E-state index in [1.165, 1.54) is 0 Å². The molecule has 15 heavy (non-hydrogen) atoms. The van der Waals surface area contributed by atoms with Gasteiger partial charge in [-0.15, -0.1) is 0 Å². The van der Waals surface area contributed by atoms with E-state index in [0.29, 0.717) is 12.5 Å². The molecule has 0 aromatic carbocycles. The van der Waals surface area contributed by atoms with E-state index in [0.717, 1.165) is 12.8 Å². The first-order valence-electron chi connectivity index (χ1n) is 5.25. The molecule has 5 heteroatoms. The molecule has 0 aromatic heterocycles. The molecule has 86 valence electrons. The van der Waals surface area contributed by atoms with Gasteiger partial charge in [0, 0.05) is 6.04 Å². The predicted molar refractivity (Wildman–Crippen MR) is 55.5 cm³/mol. The van der Waals surface area contributed by atoms with Crippen molar-refractivity contribution in [1.29, 1.82) is 0 Å². The summed E-state index contributed by atoms with van der Waals surface area (Å²) in [5.74, 6) is -1.05. The fraction of sp³-hybridized carbons (Fsp3) is 0.800. The summed E-state index contributed by atoms with van der Waals surface area (Å²) in [6.45, 7) is 3.42. The summed E-state index contributed by atoms with van der Waals surface area (Å²) < 4.78 is 0. The van der Waals surface area contributed by atoms with Crippen molar-refractivity contribution >= 4 is 11.9 Å². The summed E-state index contributed by atoms with van der Waals surface area (Å²) in [6, 6.07) is 0.317. The molecule has 1 atom stereocenters. The molecule has 1 aliphatic carbocycles. The van der Waals surface area contributed by atoms with Gasteiger partial charge >= 0.3 is 5.97 Å². The van der Waals surface area contributed by atoms with Crippen molar-refractivity contribution in [2.75, 3.05) is 6.54 Å². The van der Waals surface area contributed by atoms with E-state index >= 15 is 0 Å². The highest BCUT2D eigenvalue weighted by atomic mass is 16.4. The van der Waals surface area contributed by atoms with Crippen molar-refractivity contribution in [3.63, 3.8) is 0 Å². The van der Waals surface area contributed by atoms with Crippen LogP contribution in [0.2, 0.25) is 0 Å². The van der Waals surface area contributed by atoms with Crippen molar-refractivity contribution in [3.05, 3.63) is 0 Å². The molecule has 3 N–H and O–H groups in total. The SMILES string of the molecule is CCC(C)(NCC(=O)NC1CC1)C(=O)O. The van der Waals surface area contributed by atoms with Crippen molar-refractivity contribution in [2.45, 2.75) is 44.7 Å². The molecular formula is C10H18N2O3. The summed E-state index contributed by atoms with van der Waals surface area (Å²) in [5, 5.41) is 14.5. The van der Waals surface area contributed by atoms with Crippen LogP contribution in [0.3, 0.4) is 0 Å². The summed E-state index contributed by atoms with van der Waals surface area (Å²) in [5.41, 5.74) is -1.01. The first-order valence-corrected chi connectivity index (χ1v) is 5.25. The second-order valence-corrected chi connectivity index (χ2v) is 4.19. The van der Waals surface area contributed by atoms with E-state index in [4.69, 9.17) is 5.11 Å². The maximum absolute atomic E-state index is 11.3. The minimum atomic E-state index is -1.01. The normalized spacial score (nSPS) is 19.3. The van der Waals surface area contributed by atoms with Crippen LogP contribution in [-0.4, -0.2) is 35.1 Å². The molecular weight excluding hydrogens is 196 g/mol. The topological polar surface area (TPSA) is 78.4 Å². The zero-order valence-corrected chi connectivity index (χ0v) is 9.17. The Balaban J connectivity index is 2.32. The number of nitrogens with one attached hydrogen (secondary N) is 2. The van der Waals surface area contributed by atoms with Gasteiger partial charge in [-0.3, -0.25) is 14.9 Å². The van der Waals surface area contributed by atoms with Gasteiger partial charge in [0.25, 0.3) is 0 Å². The molecule has 5 nitrogen and oxygen atoms in total. The molecule has 0 heterocycles. The number of rotatable bonds is 6. The first kappa shape index (κ1) is 12.0. The van der Waals surface area contributed by atoms with Crippen LogP contribution < -0.4 is 10.6 Å². The Labute approximate surface area is 89.2 Å². The second kappa shape index (κ2) is 4.61. The highest BCUT2D eigenvalue weighted by molar-refractivity contribution is 5.82. The van der Waals surface area contributed by atoms with Crippen LogP contribution in [-0.2, 0) is 9.59 Å². The van der Waals surface area contributed by atoms with Crippen LogP contribution in [0.4, 0.5) is 0 Å². The summed E-state index contributed by atoms with van der Waals surface area (Å²) >= 11 is 0. The Morgan fingerprint density at radius 3 is 2.47 bits per heavy atom. The van der Waals surface area contributed by atoms with Crippen molar-refractivity contribution in [2.24, 2.45) is 0 Å². The van der Waals surface area contributed by atoms with Gasteiger partial charge in [0.15, 0.2) is 0 Å². The Hall–Kier alpha value is -1.10. The number of carbonyl (C=O) groups excluding carboxylic acids is 1. The third-order valence-corrected chi connectivity index (χ3v) is 2.76. The first-order chi connectivity index (χ1) is 6.98. The number of carboxylic acid groups (broad SMARTS) is 1. The lowest BCUT2D eigenvalue weighted by molar-refractivity contribution is -0.144. The minimum absolute atomic E-state index is 0.0626. The molecule has 1 saturated carbocycles. The zero-order valence-electron chi connectivity index (χ0n) is 9.17. The van der Waals surface area contributed by atoms with Crippen LogP contribution in [0, 0.1) is 0 Å². The van der Waals surface area contributed by atoms with Crippen LogP contribution >= 0.6 is 0 Å². The third kappa shape index (κ3) is 3.51. The molecule has 0 spiro atoms. The molecule has 1 aliphatic rings.